The zero-order chi connectivity index (χ0) is 10.0. The van der Waals surface area contributed by atoms with Crippen molar-refractivity contribution in [2.45, 2.75) is 6.04 Å². The number of rotatable bonds is 2. The Labute approximate surface area is 74.6 Å². The predicted octanol–water partition coefficient (Wildman–Crippen LogP) is 0.106. The van der Waals surface area contributed by atoms with Gasteiger partial charge < -0.3 is 21.7 Å². The highest BCUT2D eigenvalue weighted by Gasteiger charge is 2.17. The van der Waals surface area contributed by atoms with Crippen LogP contribution in [0.4, 0.5) is 10.1 Å². The third-order valence-corrected chi connectivity index (χ3v) is 1.76. The van der Waals surface area contributed by atoms with E-state index in [1.54, 1.807) is 0 Å². The number of phenolic OH excluding ortho intramolecular Hbond substituents is 1. The molecule has 0 heterocycles. The molecule has 0 fully saturated rings. The summed E-state index contributed by atoms with van der Waals surface area (Å²) in [4.78, 5) is 0. The number of aliphatic hydroxyl groups is 1. The topological polar surface area (TPSA) is 92.5 Å². The van der Waals surface area contributed by atoms with Crippen LogP contribution in [0.1, 0.15) is 11.6 Å². The Morgan fingerprint density at radius 2 is 2.08 bits per heavy atom. The van der Waals surface area contributed by atoms with E-state index in [1.165, 1.54) is 6.07 Å². The van der Waals surface area contributed by atoms with Crippen LogP contribution in [0.3, 0.4) is 0 Å². The minimum Gasteiger partial charge on any atom is -0.505 e. The van der Waals surface area contributed by atoms with Crippen LogP contribution in [0, 0.1) is 5.82 Å². The van der Waals surface area contributed by atoms with E-state index in [0.717, 1.165) is 6.07 Å². The van der Waals surface area contributed by atoms with Crippen LogP contribution in [0.15, 0.2) is 12.1 Å². The number of hydrogen-bond acceptors (Lipinski definition) is 4. The molecule has 0 aliphatic carbocycles. The number of anilines is 1. The first-order chi connectivity index (χ1) is 6.07. The molecule has 1 aromatic rings. The molecule has 0 amide bonds. The highest BCUT2D eigenvalue weighted by atomic mass is 19.1. The number of benzene rings is 1. The Balaban J connectivity index is 3.25. The molecule has 0 aromatic heterocycles. The SMILES string of the molecule is Nc1ccc(F)c([C@H](N)CO)c1O. The summed E-state index contributed by atoms with van der Waals surface area (Å²) in [5.41, 5.74) is 10.6. The van der Waals surface area contributed by atoms with Crippen molar-refractivity contribution in [3.63, 3.8) is 0 Å². The summed E-state index contributed by atoms with van der Waals surface area (Å²) in [6.45, 7) is -0.450. The van der Waals surface area contributed by atoms with Gasteiger partial charge in [-0.2, -0.15) is 0 Å². The van der Waals surface area contributed by atoms with E-state index in [4.69, 9.17) is 16.6 Å². The number of nitrogens with two attached hydrogens (primary N) is 2. The highest BCUT2D eigenvalue weighted by Crippen LogP contribution is 2.30. The molecule has 72 valence electrons. The van der Waals surface area contributed by atoms with Gasteiger partial charge in [-0.1, -0.05) is 0 Å². The first-order valence-electron chi connectivity index (χ1n) is 3.71. The molecule has 0 saturated heterocycles. The average Bonchev–Trinajstić information content (AvgIpc) is 2.12. The molecule has 0 radical (unpaired) electrons. The predicted molar refractivity (Wildman–Crippen MR) is 46.5 cm³/mol. The van der Waals surface area contributed by atoms with Crippen LogP contribution in [-0.2, 0) is 0 Å². The summed E-state index contributed by atoms with van der Waals surface area (Å²) in [6, 6.07) is 1.38. The van der Waals surface area contributed by atoms with E-state index in [9.17, 15) is 9.50 Å². The maximum atomic E-state index is 13.1. The molecule has 13 heavy (non-hydrogen) atoms. The van der Waals surface area contributed by atoms with Gasteiger partial charge in [0.25, 0.3) is 0 Å². The van der Waals surface area contributed by atoms with E-state index in [0.29, 0.717) is 0 Å². The standard InChI is InChI=1S/C8H11FN2O2/c9-4-1-2-5(10)8(13)7(4)6(11)3-12/h1-2,6,12-13H,3,10-11H2/t6-/m1/s1. The van der Waals surface area contributed by atoms with E-state index in [1.807, 2.05) is 0 Å². The third-order valence-electron chi connectivity index (χ3n) is 1.76. The largest absolute Gasteiger partial charge is 0.505 e. The lowest BCUT2D eigenvalue weighted by molar-refractivity contribution is 0.262. The van der Waals surface area contributed by atoms with Crippen molar-refractivity contribution in [1.82, 2.24) is 0 Å². The fraction of sp³-hybridized carbons (Fsp3) is 0.250. The van der Waals surface area contributed by atoms with E-state index in [2.05, 4.69) is 0 Å². The summed E-state index contributed by atoms with van der Waals surface area (Å²) < 4.78 is 13.1. The molecule has 5 heteroatoms. The van der Waals surface area contributed by atoms with Crippen molar-refractivity contribution in [1.29, 1.82) is 0 Å². The molecule has 6 N–H and O–H groups in total. The van der Waals surface area contributed by atoms with E-state index >= 15 is 0 Å². The van der Waals surface area contributed by atoms with Crippen molar-refractivity contribution >= 4 is 5.69 Å². The quantitative estimate of drug-likeness (QED) is 0.389. The van der Waals surface area contributed by atoms with Gasteiger partial charge in [-0.15, -0.1) is 0 Å². The van der Waals surface area contributed by atoms with Gasteiger partial charge in [0.1, 0.15) is 11.6 Å². The highest BCUT2D eigenvalue weighted by molar-refractivity contribution is 5.57. The van der Waals surface area contributed by atoms with Crippen molar-refractivity contribution < 1.29 is 14.6 Å². The number of aliphatic hydroxyl groups excluding tert-OH is 1. The molecule has 0 saturated carbocycles. The van der Waals surface area contributed by atoms with Crippen LogP contribution < -0.4 is 11.5 Å². The Hall–Kier alpha value is -1.33. The second-order valence-electron chi connectivity index (χ2n) is 2.69. The fourth-order valence-corrected chi connectivity index (χ4v) is 1.04. The zero-order valence-electron chi connectivity index (χ0n) is 6.87. The minimum absolute atomic E-state index is 0.0419. The minimum atomic E-state index is -0.955. The van der Waals surface area contributed by atoms with Crippen LogP contribution in [0.25, 0.3) is 0 Å². The molecular weight excluding hydrogens is 175 g/mol. The van der Waals surface area contributed by atoms with Gasteiger partial charge in [0.15, 0.2) is 0 Å². The third kappa shape index (κ3) is 1.71. The Bertz CT molecular complexity index is 317. The fourth-order valence-electron chi connectivity index (χ4n) is 1.04. The maximum absolute atomic E-state index is 13.1. The summed E-state index contributed by atoms with van der Waals surface area (Å²) in [5.74, 6) is -1.07. The van der Waals surface area contributed by atoms with Gasteiger partial charge in [-0.25, -0.2) is 4.39 Å². The molecule has 0 bridgehead atoms. The molecule has 0 aliphatic heterocycles. The summed E-state index contributed by atoms with van der Waals surface area (Å²) in [6.07, 6.45) is 0. The van der Waals surface area contributed by atoms with Crippen LogP contribution in [0.5, 0.6) is 5.75 Å². The molecule has 0 spiro atoms. The van der Waals surface area contributed by atoms with E-state index < -0.39 is 24.2 Å². The van der Waals surface area contributed by atoms with Gasteiger partial charge in [0.05, 0.1) is 23.9 Å². The van der Waals surface area contributed by atoms with Gasteiger partial charge in [0.2, 0.25) is 0 Å². The smallest absolute Gasteiger partial charge is 0.146 e. The van der Waals surface area contributed by atoms with Crippen molar-refractivity contribution in [2.24, 2.45) is 5.73 Å². The van der Waals surface area contributed by atoms with Gasteiger partial charge in [-0.05, 0) is 12.1 Å². The summed E-state index contributed by atoms with van der Waals surface area (Å²) in [7, 11) is 0. The van der Waals surface area contributed by atoms with Gasteiger partial charge in [-0.3, -0.25) is 0 Å². The number of halogens is 1. The van der Waals surface area contributed by atoms with E-state index in [-0.39, 0.29) is 11.3 Å². The molecule has 0 aliphatic rings. The number of aromatic hydroxyl groups is 1. The number of hydrogen-bond donors (Lipinski definition) is 4. The molecule has 4 nitrogen and oxygen atoms in total. The normalized spacial score (nSPS) is 12.8. The maximum Gasteiger partial charge on any atom is 0.146 e. The first-order valence-corrected chi connectivity index (χ1v) is 3.71. The van der Waals surface area contributed by atoms with Gasteiger partial charge in [0, 0.05) is 0 Å². The van der Waals surface area contributed by atoms with Crippen LogP contribution >= 0.6 is 0 Å². The van der Waals surface area contributed by atoms with Gasteiger partial charge >= 0.3 is 0 Å². The van der Waals surface area contributed by atoms with Crippen LogP contribution in [0.2, 0.25) is 0 Å². The monoisotopic (exact) mass is 186 g/mol. The average molecular weight is 186 g/mol. The molecule has 0 unspecified atom stereocenters. The molecule has 1 rings (SSSR count). The Morgan fingerprint density at radius 1 is 1.46 bits per heavy atom. The lowest BCUT2D eigenvalue weighted by Gasteiger charge is -2.12. The van der Waals surface area contributed by atoms with Crippen molar-refractivity contribution in [2.75, 3.05) is 12.3 Å². The Kier molecular flexibility index (Phi) is 2.69. The molecular formula is C8H11FN2O2. The van der Waals surface area contributed by atoms with Crippen LogP contribution in [-0.4, -0.2) is 16.8 Å². The van der Waals surface area contributed by atoms with Crippen molar-refractivity contribution in [3.05, 3.63) is 23.5 Å². The van der Waals surface area contributed by atoms with Crippen molar-refractivity contribution in [3.8, 4) is 5.75 Å². The zero-order valence-corrected chi connectivity index (χ0v) is 6.87. The molecule has 1 aromatic carbocycles. The first kappa shape index (κ1) is 9.76. The summed E-state index contributed by atoms with van der Waals surface area (Å²) >= 11 is 0. The molecule has 1 atom stereocenters. The lowest BCUT2D eigenvalue weighted by atomic mass is 10.1. The lowest BCUT2D eigenvalue weighted by Crippen LogP contribution is -2.16. The second-order valence-corrected chi connectivity index (χ2v) is 2.69. The number of nitrogen functional groups attached to an aromatic ring is 1. The second kappa shape index (κ2) is 3.59. The summed E-state index contributed by atoms with van der Waals surface area (Å²) in [5, 5.41) is 18.0. The Morgan fingerprint density at radius 3 is 2.62 bits per heavy atom. The number of phenols is 1.